The third-order valence-electron chi connectivity index (χ3n) is 2.47. The summed E-state index contributed by atoms with van der Waals surface area (Å²) in [7, 11) is -3.13. The Hall–Kier alpha value is -0.830. The second-order valence-corrected chi connectivity index (χ2v) is 6.83. The van der Waals surface area contributed by atoms with E-state index in [9.17, 15) is 8.42 Å². The van der Waals surface area contributed by atoms with Gasteiger partial charge in [0.15, 0.2) is 9.84 Å². The minimum Gasteiger partial charge on any atom is -0.223 e. The molecule has 15 heavy (non-hydrogen) atoms. The molecule has 1 rings (SSSR count). The van der Waals surface area contributed by atoms with Crippen LogP contribution in [0.25, 0.3) is 0 Å². The molecule has 2 nitrogen and oxygen atoms in total. The molecular formula is C12H18O2S. The zero-order chi connectivity index (χ0) is 11.6. The summed E-state index contributed by atoms with van der Waals surface area (Å²) in [5.41, 5.74) is 1.07. The van der Waals surface area contributed by atoms with Crippen LogP contribution in [0, 0.1) is 0 Å². The van der Waals surface area contributed by atoms with Crippen LogP contribution in [0.3, 0.4) is 0 Å². The molecule has 0 aliphatic heterocycles. The molecule has 0 heterocycles. The van der Waals surface area contributed by atoms with E-state index in [1.165, 1.54) is 0 Å². The molecule has 0 aromatic heterocycles. The van der Waals surface area contributed by atoms with Crippen molar-refractivity contribution in [2.45, 2.75) is 43.8 Å². The summed E-state index contributed by atoms with van der Waals surface area (Å²) in [6.45, 7) is 7.52. The normalized spacial score (nSPS) is 12.4. The highest BCUT2D eigenvalue weighted by Gasteiger charge is 2.19. The van der Waals surface area contributed by atoms with Crippen LogP contribution in [0.15, 0.2) is 29.2 Å². The van der Waals surface area contributed by atoms with Crippen LogP contribution in [0.2, 0.25) is 0 Å². The minimum absolute atomic E-state index is 0.354. The molecule has 0 bridgehead atoms. The molecule has 1 aromatic carbocycles. The summed E-state index contributed by atoms with van der Waals surface area (Å²) in [4.78, 5) is 0.434. The molecule has 0 N–H and O–H groups in total. The van der Waals surface area contributed by atoms with Gasteiger partial charge in [0.05, 0.1) is 10.1 Å². The van der Waals surface area contributed by atoms with Crippen molar-refractivity contribution in [1.82, 2.24) is 0 Å². The molecule has 0 fully saturated rings. The quantitative estimate of drug-likeness (QED) is 0.794. The average molecular weight is 226 g/mol. The van der Waals surface area contributed by atoms with Gasteiger partial charge in [-0.1, -0.05) is 26.0 Å². The lowest BCUT2D eigenvalue weighted by Gasteiger charge is -2.10. The van der Waals surface area contributed by atoms with Crippen molar-refractivity contribution >= 4 is 9.84 Å². The van der Waals surface area contributed by atoms with Gasteiger partial charge in [0.25, 0.3) is 0 Å². The summed E-state index contributed by atoms with van der Waals surface area (Å²) in [6.07, 6.45) is 0. The van der Waals surface area contributed by atoms with E-state index in [2.05, 4.69) is 13.8 Å². The van der Waals surface area contributed by atoms with Gasteiger partial charge in [0.1, 0.15) is 0 Å². The van der Waals surface area contributed by atoms with Gasteiger partial charge < -0.3 is 0 Å². The maximum atomic E-state index is 11.9. The van der Waals surface area contributed by atoms with Crippen molar-refractivity contribution in [3.8, 4) is 0 Å². The summed E-state index contributed by atoms with van der Waals surface area (Å²) < 4.78 is 23.8. The van der Waals surface area contributed by atoms with Gasteiger partial charge in [0.2, 0.25) is 0 Å². The van der Waals surface area contributed by atoms with E-state index in [4.69, 9.17) is 0 Å². The fourth-order valence-electron chi connectivity index (χ4n) is 1.32. The van der Waals surface area contributed by atoms with E-state index < -0.39 is 9.84 Å². The zero-order valence-electron chi connectivity index (χ0n) is 9.69. The monoisotopic (exact) mass is 226 g/mol. The first-order valence-corrected chi connectivity index (χ1v) is 6.74. The molecule has 1 aromatic rings. The Morgan fingerprint density at radius 1 is 1.07 bits per heavy atom. The average Bonchev–Trinajstić information content (AvgIpc) is 2.17. The molecule has 84 valence electrons. The third kappa shape index (κ3) is 2.59. The van der Waals surface area contributed by atoms with Crippen molar-refractivity contribution in [3.05, 3.63) is 29.8 Å². The first-order chi connectivity index (χ1) is 6.85. The predicted molar refractivity (Wildman–Crippen MR) is 62.9 cm³/mol. The smallest absolute Gasteiger partial charge is 0.180 e. The molecule has 0 radical (unpaired) electrons. The summed E-state index contributed by atoms with van der Waals surface area (Å²) in [5, 5.41) is -0.361. The van der Waals surface area contributed by atoms with Gasteiger partial charge in [0, 0.05) is 0 Å². The van der Waals surface area contributed by atoms with Gasteiger partial charge in [-0.05, 0) is 37.5 Å². The van der Waals surface area contributed by atoms with Gasteiger partial charge >= 0.3 is 0 Å². The number of sulfone groups is 1. The fourth-order valence-corrected chi connectivity index (χ4v) is 2.44. The number of rotatable bonds is 3. The Morgan fingerprint density at radius 2 is 1.67 bits per heavy atom. The van der Waals surface area contributed by atoms with E-state index >= 15 is 0 Å². The topological polar surface area (TPSA) is 34.1 Å². The molecule has 0 aliphatic rings. The van der Waals surface area contributed by atoms with Crippen LogP contribution in [0.5, 0.6) is 0 Å². The van der Waals surface area contributed by atoms with Crippen LogP contribution in [0.4, 0.5) is 0 Å². The van der Waals surface area contributed by atoms with E-state index in [0.717, 1.165) is 5.56 Å². The van der Waals surface area contributed by atoms with Crippen molar-refractivity contribution in [2.24, 2.45) is 0 Å². The van der Waals surface area contributed by atoms with E-state index in [1.54, 1.807) is 26.0 Å². The van der Waals surface area contributed by atoms with Gasteiger partial charge in [-0.15, -0.1) is 0 Å². The molecule has 0 saturated heterocycles. The summed E-state index contributed by atoms with van der Waals surface area (Å²) in [5.74, 6) is 0.354. The molecule has 3 heteroatoms. The van der Waals surface area contributed by atoms with Gasteiger partial charge in [-0.25, -0.2) is 8.42 Å². The van der Waals surface area contributed by atoms with Crippen LogP contribution in [-0.4, -0.2) is 13.7 Å². The van der Waals surface area contributed by atoms with Crippen LogP contribution in [0.1, 0.15) is 39.2 Å². The Morgan fingerprint density at radius 3 is 2.13 bits per heavy atom. The third-order valence-corrected chi connectivity index (χ3v) is 4.63. The van der Waals surface area contributed by atoms with Crippen molar-refractivity contribution in [2.75, 3.05) is 0 Å². The first kappa shape index (κ1) is 12.2. The van der Waals surface area contributed by atoms with Gasteiger partial charge in [-0.3, -0.25) is 0 Å². The Bertz CT molecular complexity index is 431. The predicted octanol–water partition coefficient (Wildman–Crippen LogP) is 2.99. The maximum absolute atomic E-state index is 11.9. The maximum Gasteiger partial charge on any atom is 0.180 e. The Kier molecular flexibility index (Phi) is 3.55. The van der Waals surface area contributed by atoms with E-state index in [-0.39, 0.29) is 5.25 Å². The minimum atomic E-state index is -3.13. The number of hydrogen-bond acceptors (Lipinski definition) is 2. The van der Waals surface area contributed by atoms with E-state index in [0.29, 0.717) is 10.8 Å². The Balaban J connectivity index is 3.23. The molecule has 0 amide bonds. The fraction of sp³-hybridized carbons (Fsp3) is 0.500. The molecular weight excluding hydrogens is 208 g/mol. The molecule has 0 spiro atoms. The van der Waals surface area contributed by atoms with Gasteiger partial charge in [-0.2, -0.15) is 0 Å². The van der Waals surface area contributed by atoms with Crippen LogP contribution < -0.4 is 0 Å². The molecule has 0 atom stereocenters. The second kappa shape index (κ2) is 4.35. The lowest BCUT2D eigenvalue weighted by Crippen LogP contribution is -2.14. The summed E-state index contributed by atoms with van der Waals surface area (Å²) in [6, 6.07) is 7.22. The van der Waals surface area contributed by atoms with Crippen LogP contribution >= 0.6 is 0 Å². The standard InChI is InChI=1S/C12H18O2S/c1-9(2)11-6-5-7-12(8-11)15(13,14)10(3)4/h5-10H,1-4H3. The first-order valence-electron chi connectivity index (χ1n) is 5.19. The molecule has 0 saturated carbocycles. The van der Waals surface area contributed by atoms with Crippen LogP contribution in [-0.2, 0) is 9.84 Å². The molecule has 0 unspecified atom stereocenters. The highest BCUT2D eigenvalue weighted by atomic mass is 32.2. The number of hydrogen-bond donors (Lipinski definition) is 0. The second-order valence-electron chi connectivity index (χ2n) is 4.32. The number of benzene rings is 1. The lowest BCUT2D eigenvalue weighted by atomic mass is 10.0. The Labute approximate surface area is 92.2 Å². The highest BCUT2D eigenvalue weighted by molar-refractivity contribution is 7.92. The highest BCUT2D eigenvalue weighted by Crippen LogP contribution is 2.21. The van der Waals surface area contributed by atoms with Crippen molar-refractivity contribution < 1.29 is 8.42 Å². The summed E-state index contributed by atoms with van der Waals surface area (Å²) >= 11 is 0. The zero-order valence-corrected chi connectivity index (χ0v) is 10.5. The largest absolute Gasteiger partial charge is 0.223 e. The van der Waals surface area contributed by atoms with Crippen molar-refractivity contribution in [1.29, 1.82) is 0 Å². The molecule has 0 aliphatic carbocycles. The van der Waals surface area contributed by atoms with E-state index in [1.807, 2.05) is 12.1 Å². The lowest BCUT2D eigenvalue weighted by molar-refractivity contribution is 0.587. The SMILES string of the molecule is CC(C)c1cccc(S(=O)(=O)C(C)C)c1. The van der Waals surface area contributed by atoms with Crippen molar-refractivity contribution in [3.63, 3.8) is 0 Å².